The molecule has 0 aliphatic heterocycles. The highest BCUT2D eigenvalue weighted by atomic mass is 16.5. The Bertz CT molecular complexity index is 941. The van der Waals surface area contributed by atoms with Crippen LogP contribution < -0.4 is 15.2 Å². The zero-order chi connectivity index (χ0) is 17.8. The molecule has 0 aliphatic rings. The smallest absolute Gasteiger partial charge is 0.249 e. The summed E-state index contributed by atoms with van der Waals surface area (Å²) in [5.41, 5.74) is 1.34. The molecule has 0 spiro atoms. The molecule has 0 saturated carbocycles. The predicted molar refractivity (Wildman–Crippen MR) is 93.7 cm³/mol. The summed E-state index contributed by atoms with van der Waals surface area (Å²) >= 11 is 0. The molecule has 0 fully saturated rings. The number of fused-ring (bicyclic) bond motifs is 1. The van der Waals surface area contributed by atoms with Gasteiger partial charge < -0.3 is 24.8 Å². The number of nitrogens with one attached hydrogen (secondary N) is 1. The topological polar surface area (TPSA) is 112 Å². The molecule has 8 nitrogen and oxygen atoms in total. The first kappa shape index (κ1) is 16.9. The van der Waals surface area contributed by atoms with Gasteiger partial charge in [0.2, 0.25) is 11.5 Å². The summed E-state index contributed by atoms with van der Waals surface area (Å²) in [4.78, 5) is 24.6. The molecule has 0 unspecified atom stereocenters. The Kier molecular flexibility index (Phi) is 4.92. The Balaban J connectivity index is 2.30. The average Bonchev–Trinajstić information content (AvgIpc) is 2.64. The Hall–Kier alpha value is -2.97. The minimum Gasteiger partial charge on any atom is -0.496 e. The zero-order valence-electron chi connectivity index (χ0n) is 13.6. The fraction of sp³-hybridized carbons (Fsp3) is 0.235. The van der Waals surface area contributed by atoms with Crippen LogP contribution >= 0.6 is 0 Å². The summed E-state index contributed by atoms with van der Waals surface area (Å²) in [6, 6.07) is 10.4. The van der Waals surface area contributed by atoms with Crippen LogP contribution in [-0.4, -0.2) is 52.2 Å². The lowest BCUT2D eigenvalue weighted by atomic mass is 10.1. The molecule has 2 heterocycles. The molecule has 1 aromatic carbocycles. The van der Waals surface area contributed by atoms with Crippen LogP contribution in [0.25, 0.3) is 22.3 Å². The van der Waals surface area contributed by atoms with Crippen LogP contribution in [-0.2, 0) is 0 Å². The van der Waals surface area contributed by atoms with E-state index in [-0.39, 0.29) is 31.4 Å². The van der Waals surface area contributed by atoms with Crippen molar-refractivity contribution in [3.05, 3.63) is 46.8 Å². The molecule has 3 rings (SSSR count). The monoisotopic (exact) mass is 342 g/mol. The van der Waals surface area contributed by atoms with Gasteiger partial charge in [-0.05, 0) is 18.2 Å². The van der Waals surface area contributed by atoms with Crippen molar-refractivity contribution in [2.45, 2.75) is 0 Å². The first-order valence-corrected chi connectivity index (χ1v) is 7.69. The van der Waals surface area contributed by atoms with Crippen LogP contribution in [0.15, 0.2) is 41.2 Å². The van der Waals surface area contributed by atoms with E-state index < -0.39 is 0 Å². The number of benzene rings is 1. The lowest BCUT2D eigenvalue weighted by Gasteiger charge is -2.20. The van der Waals surface area contributed by atoms with Gasteiger partial charge in [0.05, 0.1) is 19.4 Å². The second kappa shape index (κ2) is 7.29. The van der Waals surface area contributed by atoms with Crippen molar-refractivity contribution in [1.29, 1.82) is 0 Å². The molecule has 0 aliphatic carbocycles. The molecular formula is C17H18N4O4. The van der Waals surface area contributed by atoms with Crippen LogP contribution in [0.5, 0.6) is 5.75 Å². The van der Waals surface area contributed by atoms with Crippen LogP contribution in [0.2, 0.25) is 0 Å². The van der Waals surface area contributed by atoms with E-state index in [2.05, 4.69) is 15.0 Å². The van der Waals surface area contributed by atoms with Crippen molar-refractivity contribution in [2.75, 3.05) is 31.9 Å². The third-order valence-electron chi connectivity index (χ3n) is 3.76. The van der Waals surface area contributed by atoms with Gasteiger partial charge >= 0.3 is 0 Å². The molecule has 3 aromatic rings. The minimum absolute atomic E-state index is 0.157. The van der Waals surface area contributed by atoms with E-state index in [9.17, 15) is 9.90 Å². The largest absolute Gasteiger partial charge is 0.496 e. The first-order valence-electron chi connectivity index (χ1n) is 7.69. The molecule has 2 aromatic heterocycles. The van der Waals surface area contributed by atoms with Crippen LogP contribution in [0.1, 0.15) is 0 Å². The van der Waals surface area contributed by atoms with E-state index in [0.717, 1.165) is 5.56 Å². The highest BCUT2D eigenvalue weighted by Gasteiger charge is 2.17. The van der Waals surface area contributed by atoms with Gasteiger partial charge in [-0.2, -0.15) is 4.98 Å². The van der Waals surface area contributed by atoms with Gasteiger partial charge in [-0.3, -0.25) is 4.79 Å². The zero-order valence-corrected chi connectivity index (χ0v) is 13.6. The van der Waals surface area contributed by atoms with Crippen molar-refractivity contribution < 1.29 is 14.9 Å². The van der Waals surface area contributed by atoms with E-state index in [0.29, 0.717) is 22.5 Å². The number of hydrogen-bond acceptors (Lipinski definition) is 7. The average molecular weight is 342 g/mol. The highest BCUT2D eigenvalue weighted by Crippen LogP contribution is 2.33. The number of hydrogen-bond donors (Lipinski definition) is 3. The number of aliphatic hydroxyl groups is 2. The number of para-hydroxylation sites is 1. The van der Waals surface area contributed by atoms with Crippen molar-refractivity contribution in [1.82, 2.24) is 15.0 Å². The number of methoxy groups -OCH3 is 1. The summed E-state index contributed by atoms with van der Waals surface area (Å²) in [5.74, 6) is 0.823. The maximum Gasteiger partial charge on any atom is 0.249 e. The third kappa shape index (κ3) is 3.30. The molecule has 8 heteroatoms. The molecule has 0 saturated heterocycles. The third-order valence-corrected chi connectivity index (χ3v) is 3.76. The van der Waals surface area contributed by atoms with Gasteiger partial charge in [0, 0.05) is 23.6 Å². The molecule has 3 N–H and O–H groups in total. The standard InChI is InChI=1S/C17H18N4O4/c1-25-13-5-3-2-4-11(13)15-12-6-7-14(24)18-16(12)20-17(19-15)21(10-23)8-9-22/h2-7,22-23H,8-10H2,1H3,(H,18,19,20,24). The van der Waals surface area contributed by atoms with Crippen molar-refractivity contribution in [3.8, 4) is 17.0 Å². The fourth-order valence-electron chi connectivity index (χ4n) is 2.57. The SMILES string of the molecule is COc1ccccc1-c1nc(N(CO)CCO)nc2[nH]c(=O)ccc12. The van der Waals surface area contributed by atoms with Crippen molar-refractivity contribution in [2.24, 2.45) is 0 Å². The number of H-pyrrole nitrogens is 1. The van der Waals surface area contributed by atoms with Crippen molar-refractivity contribution in [3.63, 3.8) is 0 Å². The van der Waals surface area contributed by atoms with Crippen LogP contribution in [0.3, 0.4) is 0 Å². The van der Waals surface area contributed by atoms with E-state index in [1.54, 1.807) is 13.2 Å². The van der Waals surface area contributed by atoms with Gasteiger partial charge in [0.15, 0.2) is 0 Å². The Morgan fingerprint density at radius 2 is 1.96 bits per heavy atom. The Labute approximate surface area is 143 Å². The predicted octanol–water partition coefficient (Wildman–Crippen LogP) is 0.742. The van der Waals surface area contributed by atoms with Gasteiger partial charge in [0.1, 0.15) is 18.1 Å². The summed E-state index contributed by atoms with van der Waals surface area (Å²) in [6.45, 7) is -0.379. The van der Waals surface area contributed by atoms with Crippen molar-refractivity contribution >= 4 is 17.0 Å². The molecule has 25 heavy (non-hydrogen) atoms. The van der Waals surface area contributed by atoms with Crippen LogP contribution in [0, 0.1) is 0 Å². The van der Waals surface area contributed by atoms with Crippen LogP contribution in [0.4, 0.5) is 5.95 Å². The number of ether oxygens (including phenoxy) is 1. The maximum atomic E-state index is 11.7. The lowest BCUT2D eigenvalue weighted by molar-refractivity contribution is 0.256. The Morgan fingerprint density at radius 1 is 1.16 bits per heavy atom. The number of anilines is 1. The Morgan fingerprint density at radius 3 is 2.68 bits per heavy atom. The van der Waals surface area contributed by atoms with E-state index in [4.69, 9.17) is 9.84 Å². The van der Waals surface area contributed by atoms with E-state index >= 15 is 0 Å². The second-order valence-electron chi connectivity index (χ2n) is 5.29. The molecule has 130 valence electrons. The minimum atomic E-state index is -0.367. The van der Waals surface area contributed by atoms with E-state index in [1.165, 1.54) is 11.0 Å². The molecular weight excluding hydrogens is 324 g/mol. The van der Waals surface area contributed by atoms with Gasteiger partial charge in [-0.1, -0.05) is 12.1 Å². The molecule has 0 atom stereocenters. The number of nitrogens with zero attached hydrogens (tertiary/aromatic N) is 3. The highest BCUT2D eigenvalue weighted by molar-refractivity contribution is 5.92. The normalized spacial score (nSPS) is 10.8. The molecule has 0 radical (unpaired) electrons. The summed E-state index contributed by atoms with van der Waals surface area (Å²) < 4.78 is 5.41. The molecule has 0 bridgehead atoms. The van der Waals surface area contributed by atoms with Gasteiger partial charge in [-0.25, -0.2) is 4.98 Å². The molecule has 0 amide bonds. The van der Waals surface area contributed by atoms with Gasteiger partial charge in [-0.15, -0.1) is 0 Å². The van der Waals surface area contributed by atoms with E-state index in [1.807, 2.05) is 24.3 Å². The quantitative estimate of drug-likeness (QED) is 0.567. The first-order chi connectivity index (χ1) is 12.2. The number of aromatic amines is 1. The summed E-state index contributed by atoms with van der Waals surface area (Å²) in [5, 5.41) is 19.4. The summed E-state index contributed by atoms with van der Waals surface area (Å²) in [7, 11) is 1.57. The number of aliphatic hydroxyl groups excluding tert-OH is 2. The van der Waals surface area contributed by atoms with Gasteiger partial charge in [0.25, 0.3) is 0 Å². The lowest BCUT2D eigenvalue weighted by Crippen LogP contribution is -2.29. The number of pyridine rings is 1. The second-order valence-corrected chi connectivity index (χ2v) is 5.29. The number of aromatic nitrogens is 3. The maximum absolute atomic E-state index is 11.7. The fourth-order valence-corrected chi connectivity index (χ4v) is 2.57. The number of rotatable bonds is 6. The summed E-state index contributed by atoms with van der Waals surface area (Å²) in [6.07, 6.45) is 0.